The molecule has 19 heavy (non-hydrogen) atoms. The van der Waals surface area contributed by atoms with Crippen molar-refractivity contribution in [1.82, 2.24) is 4.90 Å². The van der Waals surface area contributed by atoms with Crippen LogP contribution in [0.2, 0.25) is 0 Å². The Hall–Kier alpha value is -1.07. The molecule has 2 unspecified atom stereocenters. The fraction of sp³-hybridized carbons (Fsp3) is 0.500. The number of rotatable bonds is 3. The van der Waals surface area contributed by atoms with Crippen LogP contribution >= 0.6 is 15.9 Å². The molecule has 0 radical (unpaired) electrons. The van der Waals surface area contributed by atoms with E-state index in [9.17, 15) is 4.79 Å². The van der Waals surface area contributed by atoms with Gasteiger partial charge in [0.1, 0.15) is 5.75 Å². The summed E-state index contributed by atoms with van der Waals surface area (Å²) in [5.41, 5.74) is 1.05. The van der Waals surface area contributed by atoms with Gasteiger partial charge < -0.3 is 14.4 Å². The average molecular weight is 328 g/mol. The molecule has 1 aromatic carbocycles. The van der Waals surface area contributed by atoms with Crippen LogP contribution in [0.3, 0.4) is 0 Å². The molecule has 0 N–H and O–H groups in total. The Morgan fingerprint density at radius 2 is 2.11 bits per heavy atom. The monoisotopic (exact) mass is 327 g/mol. The van der Waals surface area contributed by atoms with Crippen LogP contribution in [0.25, 0.3) is 0 Å². The molecule has 0 spiro atoms. The standard InChI is InChI=1S/C14H18BrNO3/c1-16-7-11(12(8-16)14(17)19-3)10-6-9(15)4-5-13(10)18-2/h4-6,11-12H,7-8H2,1-3H3. The number of benzene rings is 1. The van der Waals surface area contributed by atoms with Gasteiger partial charge in [-0.05, 0) is 25.2 Å². The number of halogens is 1. The second-order valence-corrected chi connectivity index (χ2v) is 5.76. The maximum absolute atomic E-state index is 11.9. The number of likely N-dealkylation sites (tertiary alicyclic amines) is 1. The molecule has 1 aromatic rings. The highest BCUT2D eigenvalue weighted by molar-refractivity contribution is 9.10. The minimum Gasteiger partial charge on any atom is -0.496 e. The summed E-state index contributed by atoms with van der Waals surface area (Å²) in [5, 5.41) is 0. The lowest BCUT2D eigenvalue weighted by Gasteiger charge is -2.19. The molecular formula is C14H18BrNO3. The highest BCUT2D eigenvalue weighted by Gasteiger charge is 2.39. The molecule has 4 nitrogen and oxygen atoms in total. The zero-order chi connectivity index (χ0) is 14.0. The third-order valence-electron chi connectivity index (χ3n) is 3.60. The summed E-state index contributed by atoms with van der Waals surface area (Å²) in [5.74, 6) is 0.622. The Bertz CT molecular complexity index is 478. The van der Waals surface area contributed by atoms with Crippen LogP contribution in [0.15, 0.2) is 22.7 Å². The van der Waals surface area contributed by atoms with E-state index in [1.165, 1.54) is 7.11 Å². The molecule has 5 heteroatoms. The largest absolute Gasteiger partial charge is 0.496 e. The quantitative estimate of drug-likeness (QED) is 0.798. The van der Waals surface area contributed by atoms with E-state index >= 15 is 0 Å². The van der Waals surface area contributed by atoms with Crippen LogP contribution in [-0.4, -0.2) is 45.2 Å². The summed E-state index contributed by atoms with van der Waals surface area (Å²) in [4.78, 5) is 14.1. The van der Waals surface area contributed by atoms with Gasteiger partial charge in [0.2, 0.25) is 0 Å². The van der Waals surface area contributed by atoms with E-state index in [0.717, 1.165) is 22.3 Å². The molecule has 0 bridgehead atoms. The molecule has 1 fully saturated rings. The summed E-state index contributed by atoms with van der Waals surface area (Å²) in [6.45, 7) is 1.54. The molecule has 1 saturated heterocycles. The zero-order valence-corrected chi connectivity index (χ0v) is 12.9. The maximum Gasteiger partial charge on any atom is 0.310 e. The number of methoxy groups -OCH3 is 2. The summed E-state index contributed by atoms with van der Waals surface area (Å²) in [7, 11) is 5.11. The molecule has 104 valence electrons. The first kappa shape index (κ1) is 14.3. The number of nitrogens with zero attached hydrogens (tertiary/aromatic N) is 1. The fourth-order valence-electron chi connectivity index (χ4n) is 2.70. The van der Waals surface area contributed by atoms with Gasteiger partial charge in [0.05, 0.1) is 20.1 Å². The van der Waals surface area contributed by atoms with Crippen molar-refractivity contribution in [3.8, 4) is 5.75 Å². The van der Waals surface area contributed by atoms with Gasteiger partial charge in [0.15, 0.2) is 0 Å². The fourth-order valence-corrected chi connectivity index (χ4v) is 3.08. The average Bonchev–Trinajstić information content (AvgIpc) is 2.79. The van der Waals surface area contributed by atoms with Gasteiger partial charge >= 0.3 is 5.97 Å². The molecule has 1 heterocycles. The molecule has 0 amide bonds. The second-order valence-electron chi connectivity index (χ2n) is 4.84. The molecule has 2 rings (SSSR count). The van der Waals surface area contributed by atoms with Crippen LogP contribution < -0.4 is 4.74 Å². The lowest BCUT2D eigenvalue weighted by Crippen LogP contribution is -2.23. The van der Waals surface area contributed by atoms with Crippen molar-refractivity contribution in [2.75, 3.05) is 34.4 Å². The topological polar surface area (TPSA) is 38.8 Å². The Morgan fingerprint density at radius 3 is 2.74 bits per heavy atom. The van der Waals surface area contributed by atoms with Crippen LogP contribution in [-0.2, 0) is 9.53 Å². The Balaban J connectivity index is 2.38. The first-order chi connectivity index (χ1) is 9.06. The van der Waals surface area contributed by atoms with Crippen molar-refractivity contribution >= 4 is 21.9 Å². The summed E-state index contributed by atoms with van der Waals surface area (Å²) < 4.78 is 11.3. The first-order valence-corrected chi connectivity index (χ1v) is 6.96. The Kier molecular flexibility index (Phi) is 4.47. The Labute approximate surface area is 121 Å². The first-order valence-electron chi connectivity index (χ1n) is 6.16. The molecule has 2 atom stereocenters. The van der Waals surface area contributed by atoms with Crippen LogP contribution in [0, 0.1) is 5.92 Å². The molecule has 1 aliphatic rings. The number of esters is 1. The number of hydrogen-bond donors (Lipinski definition) is 0. The predicted molar refractivity (Wildman–Crippen MR) is 76.4 cm³/mol. The molecule has 0 aliphatic carbocycles. The third kappa shape index (κ3) is 2.92. The van der Waals surface area contributed by atoms with E-state index in [-0.39, 0.29) is 17.8 Å². The maximum atomic E-state index is 11.9. The molecule has 0 saturated carbocycles. The van der Waals surface area contributed by atoms with Crippen molar-refractivity contribution in [1.29, 1.82) is 0 Å². The number of carbonyl (C=O) groups is 1. The Morgan fingerprint density at radius 1 is 1.37 bits per heavy atom. The van der Waals surface area contributed by atoms with E-state index in [1.54, 1.807) is 7.11 Å². The van der Waals surface area contributed by atoms with Gasteiger partial charge in [-0.3, -0.25) is 4.79 Å². The van der Waals surface area contributed by atoms with E-state index in [2.05, 4.69) is 20.8 Å². The molecule has 1 aliphatic heterocycles. The lowest BCUT2D eigenvalue weighted by atomic mass is 9.88. The zero-order valence-electron chi connectivity index (χ0n) is 11.4. The number of hydrogen-bond acceptors (Lipinski definition) is 4. The summed E-state index contributed by atoms with van der Waals surface area (Å²) in [6, 6.07) is 5.89. The SMILES string of the molecule is COC(=O)C1CN(C)CC1c1cc(Br)ccc1OC. The van der Waals surface area contributed by atoms with Crippen LogP contribution in [0.1, 0.15) is 11.5 Å². The predicted octanol–water partition coefficient (Wildman–Crippen LogP) is 2.28. The summed E-state index contributed by atoms with van der Waals surface area (Å²) in [6.07, 6.45) is 0. The van der Waals surface area contributed by atoms with Crippen molar-refractivity contribution in [2.45, 2.75) is 5.92 Å². The van der Waals surface area contributed by atoms with E-state index in [0.29, 0.717) is 6.54 Å². The van der Waals surface area contributed by atoms with Crippen molar-refractivity contribution in [3.63, 3.8) is 0 Å². The van der Waals surface area contributed by atoms with Crippen molar-refractivity contribution in [2.24, 2.45) is 5.92 Å². The van der Waals surface area contributed by atoms with E-state index in [4.69, 9.17) is 9.47 Å². The van der Waals surface area contributed by atoms with E-state index < -0.39 is 0 Å². The van der Waals surface area contributed by atoms with Gasteiger partial charge in [0.25, 0.3) is 0 Å². The second kappa shape index (κ2) is 5.92. The minimum atomic E-state index is -0.156. The third-order valence-corrected chi connectivity index (χ3v) is 4.09. The molecule has 0 aromatic heterocycles. The van der Waals surface area contributed by atoms with Crippen molar-refractivity contribution < 1.29 is 14.3 Å². The van der Waals surface area contributed by atoms with Gasteiger partial charge in [-0.2, -0.15) is 0 Å². The minimum absolute atomic E-state index is 0.102. The van der Waals surface area contributed by atoms with Gasteiger partial charge in [0, 0.05) is 29.0 Å². The molecular weight excluding hydrogens is 310 g/mol. The van der Waals surface area contributed by atoms with Crippen LogP contribution in [0.4, 0.5) is 0 Å². The van der Waals surface area contributed by atoms with Gasteiger partial charge in [-0.1, -0.05) is 15.9 Å². The number of ether oxygens (including phenoxy) is 2. The van der Waals surface area contributed by atoms with Gasteiger partial charge in [-0.15, -0.1) is 0 Å². The van der Waals surface area contributed by atoms with E-state index in [1.807, 2.05) is 25.2 Å². The number of likely N-dealkylation sites (N-methyl/N-ethyl adjacent to an activating group) is 1. The summed E-state index contributed by atoms with van der Waals surface area (Å²) >= 11 is 3.48. The lowest BCUT2D eigenvalue weighted by molar-refractivity contribution is -0.145. The normalized spacial score (nSPS) is 23.4. The van der Waals surface area contributed by atoms with Crippen LogP contribution in [0.5, 0.6) is 5.75 Å². The van der Waals surface area contributed by atoms with Gasteiger partial charge in [-0.25, -0.2) is 0 Å². The van der Waals surface area contributed by atoms with Crippen molar-refractivity contribution in [3.05, 3.63) is 28.2 Å². The highest BCUT2D eigenvalue weighted by atomic mass is 79.9. The smallest absolute Gasteiger partial charge is 0.310 e. The highest BCUT2D eigenvalue weighted by Crippen LogP contribution is 2.38. The number of carbonyl (C=O) groups excluding carboxylic acids is 1.